The summed E-state index contributed by atoms with van der Waals surface area (Å²) in [6, 6.07) is 7.91. The molecular formula is C23H27NO4. The maximum atomic E-state index is 13.2. The Morgan fingerprint density at radius 3 is 2.61 bits per heavy atom. The van der Waals surface area contributed by atoms with E-state index >= 15 is 0 Å². The SMILES string of the molecule is COCC#CC1=C(COC)[C@H]2C=Cc3ccccc3[C@H]2N1C(=O)OC(C)(C)C. The Bertz CT molecular complexity index is 867. The molecule has 28 heavy (non-hydrogen) atoms. The van der Waals surface area contributed by atoms with Gasteiger partial charge in [0.1, 0.15) is 17.9 Å². The van der Waals surface area contributed by atoms with Crippen molar-refractivity contribution in [1.29, 1.82) is 0 Å². The number of fused-ring (bicyclic) bond motifs is 3. The summed E-state index contributed by atoms with van der Waals surface area (Å²) in [6.07, 6.45) is 3.83. The molecule has 0 spiro atoms. The minimum Gasteiger partial charge on any atom is -0.443 e. The summed E-state index contributed by atoms with van der Waals surface area (Å²) < 4.78 is 16.3. The van der Waals surface area contributed by atoms with Crippen LogP contribution in [0.3, 0.4) is 0 Å². The molecule has 1 aromatic rings. The molecule has 5 heteroatoms. The van der Waals surface area contributed by atoms with Crippen molar-refractivity contribution in [2.45, 2.75) is 32.4 Å². The normalized spacial score (nSPS) is 20.4. The van der Waals surface area contributed by atoms with Crippen LogP contribution in [0.4, 0.5) is 4.79 Å². The van der Waals surface area contributed by atoms with E-state index in [1.165, 1.54) is 0 Å². The van der Waals surface area contributed by atoms with E-state index in [1.54, 1.807) is 19.1 Å². The van der Waals surface area contributed by atoms with Crippen LogP contribution in [0.5, 0.6) is 0 Å². The number of amides is 1. The molecule has 1 aromatic carbocycles. The molecule has 1 aliphatic carbocycles. The summed E-state index contributed by atoms with van der Waals surface area (Å²) in [4.78, 5) is 14.9. The lowest BCUT2D eigenvalue weighted by atomic mass is 9.82. The second-order valence-electron chi connectivity index (χ2n) is 7.85. The second kappa shape index (κ2) is 8.22. The molecule has 1 heterocycles. The highest BCUT2D eigenvalue weighted by Gasteiger charge is 2.46. The van der Waals surface area contributed by atoms with Gasteiger partial charge >= 0.3 is 6.09 Å². The zero-order valence-electron chi connectivity index (χ0n) is 17.1. The largest absolute Gasteiger partial charge is 0.443 e. The molecule has 0 fully saturated rings. The average Bonchev–Trinajstić information content (AvgIpc) is 2.95. The van der Waals surface area contributed by atoms with Gasteiger partial charge in [0.25, 0.3) is 0 Å². The molecule has 0 N–H and O–H groups in total. The third-order valence-corrected chi connectivity index (χ3v) is 4.68. The number of rotatable bonds is 3. The third-order valence-electron chi connectivity index (χ3n) is 4.68. The summed E-state index contributed by atoms with van der Waals surface area (Å²) in [5.41, 5.74) is 3.20. The van der Waals surface area contributed by atoms with Crippen LogP contribution in [-0.2, 0) is 14.2 Å². The van der Waals surface area contributed by atoms with Crippen molar-refractivity contribution in [1.82, 2.24) is 4.90 Å². The van der Waals surface area contributed by atoms with E-state index in [4.69, 9.17) is 14.2 Å². The molecule has 2 aliphatic rings. The van der Waals surface area contributed by atoms with Crippen LogP contribution in [0.1, 0.15) is 37.9 Å². The molecule has 1 amide bonds. The van der Waals surface area contributed by atoms with Crippen molar-refractivity contribution >= 4 is 12.2 Å². The van der Waals surface area contributed by atoms with Gasteiger partial charge in [-0.25, -0.2) is 4.79 Å². The molecule has 0 saturated heterocycles. The Morgan fingerprint density at radius 1 is 1.18 bits per heavy atom. The molecule has 5 nitrogen and oxygen atoms in total. The smallest absolute Gasteiger partial charge is 0.415 e. The van der Waals surface area contributed by atoms with Crippen LogP contribution in [0.2, 0.25) is 0 Å². The molecule has 3 rings (SSSR count). The zero-order valence-corrected chi connectivity index (χ0v) is 17.1. The average molecular weight is 381 g/mol. The van der Waals surface area contributed by atoms with Crippen molar-refractivity contribution < 1.29 is 19.0 Å². The van der Waals surface area contributed by atoms with Gasteiger partial charge in [0.05, 0.1) is 12.6 Å². The Hall–Kier alpha value is -2.55. The van der Waals surface area contributed by atoms with Gasteiger partial charge in [0, 0.05) is 20.1 Å². The molecule has 2 atom stereocenters. The van der Waals surface area contributed by atoms with E-state index < -0.39 is 11.7 Å². The maximum absolute atomic E-state index is 13.2. The number of hydrogen-bond donors (Lipinski definition) is 0. The molecular weight excluding hydrogens is 354 g/mol. The summed E-state index contributed by atoms with van der Waals surface area (Å²) in [5, 5.41) is 0. The number of ether oxygens (including phenoxy) is 3. The summed E-state index contributed by atoms with van der Waals surface area (Å²) >= 11 is 0. The van der Waals surface area contributed by atoms with E-state index in [9.17, 15) is 4.79 Å². The summed E-state index contributed by atoms with van der Waals surface area (Å²) in [5.74, 6) is 6.12. The highest BCUT2D eigenvalue weighted by Crippen LogP contribution is 2.48. The lowest BCUT2D eigenvalue weighted by molar-refractivity contribution is 0.0256. The van der Waals surface area contributed by atoms with E-state index in [0.29, 0.717) is 12.3 Å². The van der Waals surface area contributed by atoms with Crippen LogP contribution in [-0.4, -0.2) is 44.0 Å². The number of allylic oxidation sites excluding steroid dienone is 1. The van der Waals surface area contributed by atoms with Gasteiger partial charge in [-0.05, 0) is 43.4 Å². The summed E-state index contributed by atoms with van der Waals surface area (Å²) in [7, 11) is 3.25. The monoisotopic (exact) mass is 381 g/mol. The number of benzene rings is 1. The zero-order chi connectivity index (χ0) is 20.3. The van der Waals surface area contributed by atoms with Crippen molar-refractivity contribution in [2.75, 3.05) is 27.4 Å². The first-order valence-electron chi connectivity index (χ1n) is 9.36. The standard InChI is InChI=1S/C23H27NO4/c1-23(2,3)28-22(25)24-20(11-8-14-26-4)19(15-27-5)18-13-12-16-9-6-7-10-17(16)21(18)24/h6-7,9-10,12-13,18,21H,14-15H2,1-5H3/t18-,21-/m1/s1. The Kier molecular flexibility index (Phi) is 5.93. The number of nitrogens with zero attached hydrogens (tertiary/aromatic N) is 1. The lowest BCUT2D eigenvalue weighted by Crippen LogP contribution is -2.38. The fourth-order valence-corrected chi connectivity index (χ4v) is 3.66. The first-order chi connectivity index (χ1) is 13.4. The molecule has 0 saturated carbocycles. The van der Waals surface area contributed by atoms with Crippen LogP contribution in [0, 0.1) is 17.8 Å². The molecule has 0 aromatic heterocycles. The minimum atomic E-state index is -0.605. The maximum Gasteiger partial charge on any atom is 0.415 e. The number of carbonyl (C=O) groups is 1. The van der Waals surface area contributed by atoms with Crippen molar-refractivity contribution in [3.8, 4) is 11.8 Å². The first kappa shape index (κ1) is 20.2. The third kappa shape index (κ3) is 3.99. The molecule has 148 valence electrons. The van der Waals surface area contributed by atoms with Gasteiger partial charge in [-0.2, -0.15) is 0 Å². The van der Waals surface area contributed by atoms with E-state index in [2.05, 4.69) is 36.1 Å². The lowest BCUT2D eigenvalue weighted by Gasteiger charge is -2.33. The summed E-state index contributed by atoms with van der Waals surface area (Å²) in [6.45, 7) is 6.27. The second-order valence-corrected chi connectivity index (χ2v) is 7.85. The number of methoxy groups -OCH3 is 2. The fourth-order valence-electron chi connectivity index (χ4n) is 3.66. The van der Waals surface area contributed by atoms with Crippen molar-refractivity contribution in [3.05, 3.63) is 52.7 Å². The topological polar surface area (TPSA) is 48.0 Å². The predicted molar refractivity (Wildman–Crippen MR) is 108 cm³/mol. The number of hydrogen-bond acceptors (Lipinski definition) is 4. The fraction of sp³-hybridized carbons (Fsp3) is 0.435. The highest BCUT2D eigenvalue weighted by molar-refractivity contribution is 5.76. The molecule has 1 aliphatic heterocycles. The van der Waals surface area contributed by atoms with Crippen LogP contribution in [0.25, 0.3) is 6.08 Å². The first-order valence-corrected chi connectivity index (χ1v) is 9.36. The van der Waals surface area contributed by atoms with Crippen LogP contribution < -0.4 is 0 Å². The number of carbonyl (C=O) groups excluding carboxylic acids is 1. The van der Waals surface area contributed by atoms with Gasteiger partial charge in [0.2, 0.25) is 0 Å². The molecule has 0 radical (unpaired) electrons. The van der Waals surface area contributed by atoms with E-state index in [1.807, 2.05) is 32.9 Å². The Balaban J connectivity index is 2.13. The van der Waals surface area contributed by atoms with Crippen LogP contribution in [0.15, 0.2) is 41.6 Å². The van der Waals surface area contributed by atoms with Crippen molar-refractivity contribution in [2.24, 2.45) is 5.92 Å². The minimum absolute atomic E-state index is 0.00536. The molecule has 0 bridgehead atoms. The van der Waals surface area contributed by atoms with E-state index in [-0.39, 0.29) is 18.6 Å². The van der Waals surface area contributed by atoms with Gasteiger partial charge in [0.15, 0.2) is 0 Å². The Morgan fingerprint density at radius 2 is 1.93 bits per heavy atom. The van der Waals surface area contributed by atoms with Crippen LogP contribution >= 0.6 is 0 Å². The Labute approximate surface area is 167 Å². The highest BCUT2D eigenvalue weighted by atomic mass is 16.6. The quantitative estimate of drug-likeness (QED) is 0.738. The van der Waals surface area contributed by atoms with Gasteiger partial charge in [-0.3, -0.25) is 4.90 Å². The molecule has 0 unspecified atom stereocenters. The van der Waals surface area contributed by atoms with Gasteiger partial charge < -0.3 is 14.2 Å². The van der Waals surface area contributed by atoms with Gasteiger partial charge in [-0.15, -0.1) is 0 Å². The predicted octanol–water partition coefficient (Wildman–Crippen LogP) is 4.17. The van der Waals surface area contributed by atoms with E-state index in [0.717, 1.165) is 16.7 Å². The van der Waals surface area contributed by atoms with Crippen molar-refractivity contribution in [3.63, 3.8) is 0 Å². The van der Waals surface area contributed by atoms with Gasteiger partial charge in [-0.1, -0.05) is 42.3 Å².